The van der Waals surface area contributed by atoms with Crippen molar-refractivity contribution in [1.29, 1.82) is 0 Å². The second-order valence-electron chi connectivity index (χ2n) is 6.33. The van der Waals surface area contributed by atoms with Crippen LogP contribution in [-0.2, 0) is 0 Å². The predicted molar refractivity (Wildman–Crippen MR) is 103 cm³/mol. The van der Waals surface area contributed by atoms with E-state index in [0.29, 0.717) is 0 Å². The molecule has 1 fully saturated rings. The quantitative estimate of drug-likeness (QED) is 0.601. The van der Waals surface area contributed by atoms with Crippen LogP contribution in [0, 0.1) is 6.92 Å². The summed E-state index contributed by atoms with van der Waals surface area (Å²) in [4.78, 5) is 21.5. The molecule has 1 aliphatic rings. The molecule has 5 rings (SSSR count). The lowest BCUT2D eigenvalue weighted by Gasteiger charge is -2.35. The molecular weight excluding hydrogens is 332 g/mol. The number of H-pyrrole nitrogens is 1. The van der Waals surface area contributed by atoms with Gasteiger partial charge in [-0.05, 0) is 24.6 Å². The minimum Gasteiger partial charge on any atom is -0.352 e. The molecule has 126 valence electrons. The summed E-state index contributed by atoms with van der Waals surface area (Å²) in [6.45, 7) is 5.91. The molecule has 3 aromatic heterocycles. The number of benzene rings is 1. The first-order chi connectivity index (χ1) is 12.3. The highest BCUT2D eigenvalue weighted by Gasteiger charge is 2.22. The number of para-hydroxylation sites is 1. The van der Waals surface area contributed by atoms with Gasteiger partial charge in [0.05, 0.1) is 15.6 Å². The Morgan fingerprint density at radius 1 is 1.04 bits per heavy atom. The molecule has 1 N–H and O–H groups in total. The van der Waals surface area contributed by atoms with Gasteiger partial charge in [-0.3, -0.25) is 0 Å². The number of thiazole rings is 1. The topological polar surface area (TPSA) is 60.9 Å². The van der Waals surface area contributed by atoms with Crippen LogP contribution in [0.3, 0.4) is 0 Å². The van der Waals surface area contributed by atoms with E-state index in [2.05, 4.69) is 49.9 Å². The van der Waals surface area contributed by atoms with Gasteiger partial charge >= 0.3 is 0 Å². The summed E-state index contributed by atoms with van der Waals surface area (Å²) < 4.78 is 1.27. The second kappa shape index (κ2) is 5.70. The predicted octanol–water partition coefficient (Wildman–Crippen LogP) is 3.20. The van der Waals surface area contributed by atoms with Crippen molar-refractivity contribution in [2.24, 2.45) is 0 Å². The fourth-order valence-corrected chi connectivity index (χ4v) is 4.53. The molecule has 25 heavy (non-hydrogen) atoms. The monoisotopic (exact) mass is 350 g/mol. The number of fused-ring (bicyclic) bond motifs is 2. The molecule has 6 nitrogen and oxygen atoms in total. The summed E-state index contributed by atoms with van der Waals surface area (Å²) in [5.74, 6) is 1.02. The largest absolute Gasteiger partial charge is 0.352 e. The molecule has 0 unspecified atom stereocenters. The van der Waals surface area contributed by atoms with Gasteiger partial charge in [0.15, 0.2) is 5.13 Å². The Morgan fingerprint density at radius 2 is 1.88 bits per heavy atom. The van der Waals surface area contributed by atoms with Crippen LogP contribution in [-0.4, -0.2) is 46.1 Å². The van der Waals surface area contributed by atoms with Gasteiger partial charge in [-0.2, -0.15) is 0 Å². The van der Waals surface area contributed by atoms with E-state index >= 15 is 0 Å². The summed E-state index contributed by atoms with van der Waals surface area (Å²) in [7, 11) is 0. The minimum absolute atomic E-state index is 0.897. The van der Waals surface area contributed by atoms with Crippen molar-refractivity contribution < 1.29 is 0 Å². The number of nitrogens with zero attached hydrogens (tertiary/aromatic N) is 5. The van der Waals surface area contributed by atoms with Crippen LogP contribution in [0.2, 0.25) is 0 Å². The number of aromatic nitrogens is 4. The molecule has 1 aromatic carbocycles. The molecule has 4 heterocycles. The number of piperazine rings is 1. The third-order valence-electron chi connectivity index (χ3n) is 4.79. The molecule has 4 aromatic rings. The molecule has 1 saturated heterocycles. The Hall–Kier alpha value is -2.67. The Kier molecular flexibility index (Phi) is 3.34. The Balaban J connectivity index is 1.38. The van der Waals surface area contributed by atoms with Crippen molar-refractivity contribution in [3.05, 3.63) is 42.4 Å². The third kappa shape index (κ3) is 2.42. The highest BCUT2D eigenvalue weighted by Crippen LogP contribution is 2.31. The molecule has 0 aliphatic carbocycles. The average Bonchev–Trinajstić information content (AvgIpc) is 3.29. The van der Waals surface area contributed by atoms with Crippen LogP contribution in [0.5, 0.6) is 0 Å². The lowest BCUT2D eigenvalue weighted by Crippen LogP contribution is -2.46. The average molecular weight is 350 g/mol. The van der Waals surface area contributed by atoms with E-state index in [1.165, 1.54) is 10.3 Å². The van der Waals surface area contributed by atoms with Crippen LogP contribution in [0.4, 0.5) is 10.9 Å². The maximum Gasteiger partial charge on any atom is 0.186 e. The third-order valence-corrected chi connectivity index (χ3v) is 5.87. The summed E-state index contributed by atoms with van der Waals surface area (Å²) >= 11 is 1.78. The van der Waals surface area contributed by atoms with Gasteiger partial charge in [0.25, 0.3) is 0 Å². The van der Waals surface area contributed by atoms with E-state index in [-0.39, 0.29) is 0 Å². The van der Waals surface area contributed by atoms with E-state index in [9.17, 15) is 0 Å². The van der Waals surface area contributed by atoms with E-state index in [1.807, 2.05) is 12.3 Å². The summed E-state index contributed by atoms with van der Waals surface area (Å²) in [6.07, 6.45) is 3.55. The standard InChI is InChI=1S/C18H18N6S/c1-12-3-2-4-14-15(12)22-18(25-14)24-9-7-23(8-10-24)17-13-5-6-19-16(13)20-11-21-17/h2-6,11H,7-10H2,1H3,(H,19,20,21). The van der Waals surface area contributed by atoms with Gasteiger partial charge in [0, 0.05) is 32.4 Å². The number of anilines is 2. The Bertz CT molecular complexity index is 1040. The fourth-order valence-electron chi connectivity index (χ4n) is 3.43. The smallest absolute Gasteiger partial charge is 0.186 e. The summed E-state index contributed by atoms with van der Waals surface area (Å²) in [5, 5.41) is 2.21. The highest BCUT2D eigenvalue weighted by molar-refractivity contribution is 7.22. The van der Waals surface area contributed by atoms with Gasteiger partial charge in [-0.15, -0.1) is 0 Å². The van der Waals surface area contributed by atoms with Gasteiger partial charge in [-0.1, -0.05) is 23.5 Å². The van der Waals surface area contributed by atoms with E-state index < -0.39 is 0 Å². The number of nitrogens with one attached hydrogen (secondary N) is 1. The van der Waals surface area contributed by atoms with Gasteiger partial charge in [-0.25, -0.2) is 15.0 Å². The number of hydrogen-bond donors (Lipinski definition) is 1. The molecule has 0 atom stereocenters. The number of aromatic amines is 1. The van der Waals surface area contributed by atoms with E-state index in [0.717, 1.165) is 53.7 Å². The molecule has 1 aliphatic heterocycles. The number of hydrogen-bond acceptors (Lipinski definition) is 6. The summed E-state index contributed by atoms with van der Waals surface area (Å²) in [5.41, 5.74) is 3.28. The minimum atomic E-state index is 0.897. The van der Waals surface area contributed by atoms with Crippen LogP contribution in [0.15, 0.2) is 36.8 Å². The Morgan fingerprint density at radius 3 is 2.72 bits per heavy atom. The van der Waals surface area contributed by atoms with Crippen LogP contribution < -0.4 is 9.80 Å². The molecule has 0 radical (unpaired) electrons. The van der Waals surface area contributed by atoms with Crippen molar-refractivity contribution in [2.75, 3.05) is 36.0 Å². The normalized spacial score (nSPS) is 15.4. The van der Waals surface area contributed by atoms with Crippen molar-refractivity contribution >= 4 is 43.5 Å². The molecule has 0 bridgehead atoms. The maximum absolute atomic E-state index is 4.87. The molecule has 0 saturated carbocycles. The zero-order valence-corrected chi connectivity index (χ0v) is 14.8. The van der Waals surface area contributed by atoms with Crippen molar-refractivity contribution in [3.63, 3.8) is 0 Å². The van der Waals surface area contributed by atoms with E-state index in [1.54, 1.807) is 17.7 Å². The molecule has 0 amide bonds. The Labute approximate surface area is 149 Å². The lowest BCUT2D eigenvalue weighted by atomic mass is 10.2. The zero-order valence-electron chi connectivity index (χ0n) is 13.9. The molecule has 7 heteroatoms. The van der Waals surface area contributed by atoms with E-state index in [4.69, 9.17) is 4.98 Å². The van der Waals surface area contributed by atoms with Gasteiger partial charge < -0.3 is 14.8 Å². The fraction of sp³-hybridized carbons (Fsp3) is 0.278. The van der Waals surface area contributed by atoms with Crippen LogP contribution >= 0.6 is 11.3 Å². The second-order valence-corrected chi connectivity index (χ2v) is 7.34. The number of rotatable bonds is 2. The highest BCUT2D eigenvalue weighted by atomic mass is 32.1. The lowest BCUT2D eigenvalue weighted by molar-refractivity contribution is 0.648. The van der Waals surface area contributed by atoms with Crippen LogP contribution in [0.25, 0.3) is 21.3 Å². The first-order valence-corrected chi connectivity index (χ1v) is 9.25. The van der Waals surface area contributed by atoms with Gasteiger partial charge in [0.1, 0.15) is 17.8 Å². The number of aryl methyl sites for hydroxylation is 1. The van der Waals surface area contributed by atoms with Crippen molar-refractivity contribution in [1.82, 2.24) is 19.9 Å². The van der Waals surface area contributed by atoms with Crippen LogP contribution in [0.1, 0.15) is 5.56 Å². The zero-order chi connectivity index (χ0) is 16.8. The van der Waals surface area contributed by atoms with Crippen molar-refractivity contribution in [2.45, 2.75) is 6.92 Å². The molecular formula is C18H18N6S. The SMILES string of the molecule is Cc1cccc2sc(N3CCN(c4ncnc5[nH]ccc45)CC3)nc12. The molecule has 0 spiro atoms. The van der Waals surface area contributed by atoms with Crippen molar-refractivity contribution in [3.8, 4) is 0 Å². The summed E-state index contributed by atoms with van der Waals surface area (Å²) in [6, 6.07) is 8.44. The first-order valence-electron chi connectivity index (χ1n) is 8.44. The first kappa shape index (κ1) is 14.7. The maximum atomic E-state index is 4.87. The van der Waals surface area contributed by atoms with Gasteiger partial charge in [0.2, 0.25) is 0 Å².